The van der Waals surface area contributed by atoms with E-state index in [1.165, 1.54) is 30.3 Å². The molecule has 0 saturated carbocycles. The molecule has 11 heteroatoms. The van der Waals surface area contributed by atoms with Gasteiger partial charge in [-0.3, -0.25) is 0 Å². The van der Waals surface area contributed by atoms with Crippen LogP contribution in [-0.4, -0.2) is 58.2 Å². The van der Waals surface area contributed by atoms with Crippen LogP contribution >= 0.6 is 0 Å². The molecule has 41 heavy (non-hydrogen) atoms. The number of phenolic OH excluding ortho intramolecular Hbond substituents is 6. The molecule has 1 aliphatic carbocycles. The quantitative estimate of drug-likeness (QED) is 0.207. The van der Waals surface area contributed by atoms with Crippen molar-refractivity contribution in [2.45, 2.75) is 43.5 Å². The van der Waals surface area contributed by atoms with Crippen molar-refractivity contribution in [2.24, 2.45) is 5.92 Å². The zero-order valence-electron chi connectivity index (χ0n) is 21.5. The third-order valence-electron chi connectivity index (χ3n) is 8.00. The Hall–Kier alpha value is -4.90. The van der Waals surface area contributed by atoms with Crippen LogP contribution in [0.5, 0.6) is 46.0 Å². The van der Waals surface area contributed by atoms with Crippen LogP contribution in [0.3, 0.4) is 0 Å². The zero-order valence-corrected chi connectivity index (χ0v) is 21.5. The second-order valence-corrected chi connectivity index (χ2v) is 10.5. The molecule has 3 aliphatic rings. The Bertz CT molecular complexity index is 1610. The van der Waals surface area contributed by atoms with Crippen molar-refractivity contribution in [3.63, 3.8) is 0 Å². The van der Waals surface area contributed by atoms with E-state index in [0.29, 0.717) is 24.0 Å². The van der Waals surface area contributed by atoms with Crippen molar-refractivity contribution in [1.29, 1.82) is 0 Å². The molecular formula is C30H28O11. The number of benzene rings is 3. The van der Waals surface area contributed by atoms with E-state index in [4.69, 9.17) is 9.47 Å². The second-order valence-electron chi connectivity index (χ2n) is 10.5. The Morgan fingerprint density at radius 1 is 0.732 bits per heavy atom. The topological polar surface area (TPSA) is 201 Å². The standard InChI is InChI=1S/C30H28O11/c31-14-9-20(36)25-24(10-14)41-30(13-2-5-17(33)19(35)8-13)29(39)27(25)26-21(37)11-23-15(28(26)38)3-6-22(40-23)12-1-4-16(32)18(34)7-12/h1-2,4-5,7,9-11,13,22,27,29-39H,3,6,8H2/t13?,22?,27-,29-,30-/m1/s1. The van der Waals surface area contributed by atoms with E-state index in [1.54, 1.807) is 12.1 Å². The number of phenols is 6. The summed E-state index contributed by atoms with van der Waals surface area (Å²) in [6.45, 7) is 0. The number of rotatable bonds is 3. The Morgan fingerprint density at radius 3 is 2.22 bits per heavy atom. The Kier molecular flexibility index (Phi) is 6.18. The van der Waals surface area contributed by atoms with Gasteiger partial charge in [0.2, 0.25) is 0 Å². The minimum absolute atomic E-state index is 0.00874. The number of hydrogen-bond donors (Lipinski definition) is 9. The van der Waals surface area contributed by atoms with E-state index in [9.17, 15) is 46.0 Å². The van der Waals surface area contributed by atoms with Crippen molar-refractivity contribution in [3.8, 4) is 46.0 Å². The number of hydrogen-bond acceptors (Lipinski definition) is 11. The molecule has 0 amide bonds. The van der Waals surface area contributed by atoms with Gasteiger partial charge in [0.05, 0.1) is 5.92 Å². The summed E-state index contributed by atoms with van der Waals surface area (Å²) in [7, 11) is 0. The highest BCUT2D eigenvalue weighted by molar-refractivity contribution is 5.65. The molecule has 5 atom stereocenters. The molecule has 6 rings (SSSR count). The summed E-state index contributed by atoms with van der Waals surface area (Å²) < 4.78 is 12.0. The molecule has 0 fully saturated rings. The van der Waals surface area contributed by atoms with Crippen LogP contribution in [0.25, 0.3) is 0 Å². The summed E-state index contributed by atoms with van der Waals surface area (Å²) in [5.74, 6) is -4.41. The van der Waals surface area contributed by atoms with E-state index in [1.807, 2.05) is 0 Å². The number of fused-ring (bicyclic) bond motifs is 2. The largest absolute Gasteiger partial charge is 0.508 e. The molecule has 0 radical (unpaired) electrons. The number of aromatic hydroxyl groups is 6. The van der Waals surface area contributed by atoms with Crippen molar-refractivity contribution < 1.29 is 55.4 Å². The SMILES string of the molecule is OC1=C(O)CC([C@H]2Oc3cc(O)cc(O)c3[C@H](c3c(O)cc4c(c3O)CCC(c3ccc(O)c(O)c3)O4)[C@H]2O)C=C1. The van der Waals surface area contributed by atoms with Crippen LogP contribution in [0.1, 0.15) is 47.1 Å². The molecule has 2 aliphatic heterocycles. The average molecular weight is 565 g/mol. The predicted molar refractivity (Wildman–Crippen MR) is 143 cm³/mol. The summed E-state index contributed by atoms with van der Waals surface area (Å²) in [6, 6.07) is 7.91. The maximum absolute atomic E-state index is 11.6. The van der Waals surface area contributed by atoms with Gasteiger partial charge in [0.1, 0.15) is 58.6 Å². The predicted octanol–water partition coefficient (Wildman–Crippen LogP) is 4.14. The number of allylic oxidation sites excluding steroid dienone is 2. The van der Waals surface area contributed by atoms with Gasteiger partial charge in [-0.25, -0.2) is 0 Å². The molecule has 0 spiro atoms. The molecule has 2 heterocycles. The number of aliphatic hydroxyl groups excluding tert-OH is 3. The third kappa shape index (κ3) is 4.34. The van der Waals surface area contributed by atoms with Gasteiger partial charge < -0.3 is 55.4 Å². The third-order valence-corrected chi connectivity index (χ3v) is 8.00. The van der Waals surface area contributed by atoms with E-state index in [0.717, 1.165) is 6.07 Å². The molecule has 11 nitrogen and oxygen atoms in total. The monoisotopic (exact) mass is 564 g/mol. The van der Waals surface area contributed by atoms with Gasteiger partial charge in [0.25, 0.3) is 0 Å². The summed E-state index contributed by atoms with van der Waals surface area (Å²) >= 11 is 0. The highest BCUT2D eigenvalue weighted by Gasteiger charge is 2.46. The van der Waals surface area contributed by atoms with Gasteiger partial charge in [0.15, 0.2) is 17.3 Å². The van der Waals surface area contributed by atoms with E-state index in [-0.39, 0.29) is 63.6 Å². The van der Waals surface area contributed by atoms with Gasteiger partial charge in [0, 0.05) is 47.2 Å². The maximum Gasteiger partial charge on any atom is 0.157 e. The summed E-state index contributed by atoms with van der Waals surface area (Å²) in [6.07, 6.45) is 0.355. The molecule has 214 valence electrons. The number of aliphatic hydroxyl groups is 3. The number of ether oxygens (including phenoxy) is 2. The van der Waals surface area contributed by atoms with Gasteiger partial charge in [-0.15, -0.1) is 0 Å². The van der Waals surface area contributed by atoms with Crippen LogP contribution in [0.2, 0.25) is 0 Å². The van der Waals surface area contributed by atoms with Crippen molar-refractivity contribution in [1.82, 2.24) is 0 Å². The van der Waals surface area contributed by atoms with E-state index >= 15 is 0 Å². The summed E-state index contributed by atoms with van der Waals surface area (Å²) in [5.41, 5.74) is 0.890. The Labute approximate surface area is 233 Å². The van der Waals surface area contributed by atoms with Gasteiger partial charge in [-0.05, 0) is 36.6 Å². The molecule has 3 aromatic carbocycles. The lowest BCUT2D eigenvalue weighted by Gasteiger charge is -2.41. The highest BCUT2D eigenvalue weighted by Crippen LogP contribution is 2.55. The molecular weight excluding hydrogens is 536 g/mol. The first-order chi connectivity index (χ1) is 19.5. The average Bonchev–Trinajstić information content (AvgIpc) is 2.92. The first-order valence-electron chi connectivity index (χ1n) is 13.0. The van der Waals surface area contributed by atoms with Crippen LogP contribution in [-0.2, 0) is 6.42 Å². The molecule has 0 bridgehead atoms. The highest BCUT2D eigenvalue weighted by atomic mass is 16.5. The van der Waals surface area contributed by atoms with Crippen molar-refractivity contribution in [3.05, 3.63) is 82.3 Å². The minimum Gasteiger partial charge on any atom is -0.508 e. The molecule has 0 saturated heterocycles. The fourth-order valence-corrected chi connectivity index (χ4v) is 5.98. The van der Waals surface area contributed by atoms with Crippen LogP contribution in [0.15, 0.2) is 60.1 Å². The smallest absolute Gasteiger partial charge is 0.157 e. The van der Waals surface area contributed by atoms with Crippen LogP contribution in [0, 0.1) is 5.92 Å². The van der Waals surface area contributed by atoms with Gasteiger partial charge in [-0.2, -0.15) is 0 Å². The summed E-state index contributed by atoms with van der Waals surface area (Å²) in [5, 5.41) is 94.7. The van der Waals surface area contributed by atoms with Crippen molar-refractivity contribution in [2.75, 3.05) is 0 Å². The molecule has 3 aromatic rings. The zero-order chi connectivity index (χ0) is 29.2. The fourth-order valence-electron chi connectivity index (χ4n) is 5.98. The summed E-state index contributed by atoms with van der Waals surface area (Å²) in [4.78, 5) is 0. The lowest BCUT2D eigenvalue weighted by atomic mass is 9.75. The minimum atomic E-state index is -1.47. The normalized spacial score (nSPS) is 25.1. The molecule has 2 unspecified atom stereocenters. The first-order valence-corrected chi connectivity index (χ1v) is 13.0. The lowest BCUT2D eigenvalue weighted by Crippen LogP contribution is -2.45. The Morgan fingerprint density at radius 2 is 1.49 bits per heavy atom. The molecule has 9 N–H and O–H groups in total. The van der Waals surface area contributed by atoms with E-state index < -0.39 is 41.6 Å². The van der Waals surface area contributed by atoms with E-state index in [2.05, 4.69) is 0 Å². The van der Waals surface area contributed by atoms with Crippen molar-refractivity contribution >= 4 is 0 Å². The van der Waals surface area contributed by atoms with Gasteiger partial charge >= 0.3 is 0 Å². The Balaban J connectivity index is 1.42. The van der Waals surface area contributed by atoms with Gasteiger partial charge in [-0.1, -0.05) is 12.1 Å². The first kappa shape index (κ1) is 26.3. The molecule has 0 aromatic heterocycles. The fraction of sp³-hybridized carbons (Fsp3) is 0.267. The maximum atomic E-state index is 11.6. The lowest BCUT2D eigenvalue weighted by molar-refractivity contribution is -0.0165. The van der Waals surface area contributed by atoms with Crippen LogP contribution in [0.4, 0.5) is 0 Å². The second kappa shape index (κ2) is 9.63. The van der Waals surface area contributed by atoms with Crippen LogP contribution < -0.4 is 9.47 Å².